The van der Waals surface area contributed by atoms with Crippen molar-refractivity contribution in [2.24, 2.45) is 5.90 Å². The zero-order valence-corrected chi connectivity index (χ0v) is 7.97. The smallest absolute Gasteiger partial charge is 0.399 e. The van der Waals surface area contributed by atoms with E-state index >= 15 is 0 Å². The molecule has 8 nitrogen and oxygen atoms in total. The van der Waals surface area contributed by atoms with Crippen molar-refractivity contribution < 1.29 is 28.4 Å². The predicted octanol–water partition coefficient (Wildman–Crippen LogP) is -0.500. The van der Waals surface area contributed by atoms with E-state index in [1.54, 1.807) is 0 Å². The second-order valence-electron chi connectivity index (χ2n) is 2.29. The summed E-state index contributed by atoms with van der Waals surface area (Å²) in [6.45, 7) is 0. The van der Waals surface area contributed by atoms with Gasteiger partial charge in [0.15, 0.2) is 0 Å². The van der Waals surface area contributed by atoms with Gasteiger partial charge in [-0.05, 0) is 0 Å². The predicted molar refractivity (Wildman–Crippen MR) is 44.0 cm³/mol. The van der Waals surface area contributed by atoms with E-state index in [1.807, 2.05) is 0 Å². The van der Waals surface area contributed by atoms with Crippen LogP contribution in [0.3, 0.4) is 0 Å². The molecule has 0 spiro atoms. The van der Waals surface area contributed by atoms with Crippen LogP contribution in [0.2, 0.25) is 0 Å². The van der Waals surface area contributed by atoms with E-state index in [-0.39, 0.29) is 11.4 Å². The summed E-state index contributed by atoms with van der Waals surface area (Å²) >= 11 is 0. The van der Waals surface area contributed by atoms with Gasteiger partial charge in [0.1, 0.15) is 0 Å². The first-order chi connectivity index (χ1) is 7.15. The van der Waals surface area contributed by atoms with Crippen molar-refractivity contribution in [2.75, 3.05) is 14.2 Å². The highest BCUT2D eigenvalue weighted by atomic mass is 16.7. The summed E-state index contributed by atoms with van der Waals surface area (Å²) in [6.07, 6.45) is 0. The standard InChI is InChI=1S/C7H8N2O6/c1-12-4-3(6(10)13-2)9-15-5(4)7(11)14-8/h8H2,1-2H3. The highest BCUT2D eigenvalue weighted by molar-refractivity contribution is 5.96. The summed E-state index contributed by atoms with van der Waals surface area (Å²) in [7, 11) is 2.38. The molecule has 0 aliphatic heterocycles. The average molecular weight is 216 g/mol. The maximum Gasteiger partial charge on any atom is 0.399 e. The third kappa shape index (κ3) is 1.89. The fourth-order valence-corrected chi connectivity index (χ4v) is 0.881. The number of rotatable bonds is 3. The molecule has 0 amide bonds. The number of carbonyl (C=O) groups excluding carboxylic acids is 2. The van der Waals surface area contributed by atoms with E-state index in [0.717, 1.165) is 7.11 Å². The number of nitrogens with zero attached hydrogens (tertiary/aromatic N) is 1. The van der Waals surface area contributed by atoms with Crippen LogP contribution >= 0.6 is 0 Å². The lowest BCUT2D eigenvalue weighted by Crippen LogP contribution is -2.11. The normalized spacial score (nSPS) is 9.53. The quantitative estimate of drug-likeness (QED) is 0.531. The average Bonchev–Trinajstić information content (AvgIpc) is 2.70. The van der Waals surface area contributed by atoms with Crippen LogP contribution in [0.25, 0.3) is 0 Å². The van der Waals surface area contributed by atoms with Gasteiger partial charge in [-0.3, -0.25) is 0 Å². The summed E-state index contributed by atoms with van der Waals surface area (Å²) in [6, 6.07) is 0. The van der Waals surface area contributed by atoms with Crippen molar-refractivity contribution in [3.8, 4) is 5.75 Å². The summed E-state index contributed by atoms with van der Waals surface area (Å²) < 4.78 is 13.7. The van der Waals surface area contributed by atoms with Crippen molar-refractivity contribution in [3.05, 3.63) is 11.5 Å². The Labute approximate surface area is 83.8 Å². The van der Waals surface area contributed by atoms with Crippen LogP contribution in [0.1, 0.15) is 21.0 Å². The van der Waals surface area contributed by atoms with E-state index in [1.165, 1.54) is 7.11 Å². The molecular formula is C7H8N2O6. The summed E-state index contributed by atoms with van der Waals surface area (Å²) in [5, 5.41) is 3.30. The molecule has 0 bridgehead atoms. The first-order valence-electron chi connectivity index (χ1n) is 3.68. The number of hydrogen-bond donors (Lipinski definition) is 1. The van der Waals surface area contributed by atoms with Gasteiger partial charge in [-0.2, -0.15) is 5.90 Å². The SMILES string of the molecule is COC(=O)c1noc(C(=O)ON)c1OC. The second-order valence-corrected chi connectivity index (χ2v) is 2.29. The van der Waals surface area contributed by atoms with Crippen LogP contribution in [0.5, 0.6) is 5.75 Å². The van der Waals surface area contributed by atoms with E-state index in [9.17, 15) is 9.59 Å². The van der Waals surface area contributed by atoms with E-state index in [4.69, 9.17) is 4.74 Å². The number of hydrogen-bond acceptors (Lipinski definition) is 8. The van der Waals surface area contributed by atoms with Crippen LogP contribution in [-0.4, -0.2) is 31.3 Å². The molecule has 8 heteroatoms. The van der Waals surface area contributed by atoms with Gasteiger partial charge in [0.05, 0.1) is 14.2 Å². The first-order valence-corrected chi connectivity index (χ1v) is 3.68. The van der Waals surface area contributed by atoms with Crippen LogP contribution in [0, 0.1) is 0 Å². The monoisotopic (exact) mass is 216 g/mol. The fourth-order valence-electron chi connectivity index (χ4n) is 0.881. The molecule has 0 unspecified atom stereocenters. The van der Waals surface area contributed by atoms with Gasteiger partial charge >= 0.3 is 11.9 Å². The van der Waals surface area contributed by atoms with Gasteiger partial charge in [-0.1, -0.05) is 5.16 Å². The number of carbonyl (C=O) groups is 2. The maximum atomic E-state index is 11.1. The molecule has 0 saturated heterocycles. The Balaban J connectivity index is 3.16. The molecule has 0 aliphatic carbocycles. The number of nitrogens with two attached hydrogens (primary N) is 1. The molecule has 0 radical (unpaired) electrons. The Morgan fingerprint density at radius 2 is 2.00 bits per heavy atom. The lowest BCUT2D eigenvalue weighted by molar-refractivity contribution is 0.0450. The third-order valence-corrected chi connectivity index (χ3v) is 1.52. The fraction of sp³-hybridized carbons (Fsp3) is 0.286. The lowest BCUT2D eigenvalue weighted by atomic mass is 10.3. The molecule has 15 heavy (non-hydrogen) atoms. The van der Waals surface area contributed by atoms with Crippen molar-refractivity contribution in [1.82, 2.24) is 5.16 Å². The van der Waals surface area contributed by atoms with E-state index in [0.29, 0.717) is 0 Å². The zero-order valence-electron chi connectivity index (χ0n) is 7.97. The molecule has 0 fully saturated rings. The minimum atomic E-state index is -1.01. The number of esters is 1. The van der Waals surface area contributed by atoms with Crippen LogP contribution in [0.4, 0.5) is 0 Å². The number of methoxy groups -OCH3 is 2. The molecule has 82 valence electrons. The largest absolute Gasteiger partial charge is 0.490 e. The van der Waals surface area contributed by atoms with Gasteiger partial charge in [-0.15, -0.1) is 0 Å². The van der Waals surface area contributed by atoms with Gasteiger partial charge < -0.3 is 18.8 Å². The Hall–Kier alpha value is -2.09. The summed E-state index contributed by atoms with van der Waals surface area (Å²) in [5.74, 6) is 2.25. The Bertz CT molecular complexity index is 351. The summed E-state index contributed by atoms with van der Waals surface area (Å²) in [5.41, 5.74) is -0.264. The molecule has 1 aromatic rings. The van der Waals surface area contributed by atoms with Crippen molar-refractivity contribution in [2.45, 2.75) is 0 Å². The van der Waals surface area contributed by atoms with E-state index in [2.05, 4.69) is 25.2 Å². The Morgan fingerprint density at radius 1 is 1.33 bits per heavy atom. The maximum absolute atomic E-state index is 11.1. The molecule has 0 aromatic carbocycles. The number of ether oxygens (including phenoxy) is 2. The zero-order chi connectivity index (χ0) is 11.4. The van der Waals surface area contributed by atoms with Crippen LogP contribution in [-0.2, 0) is 9.57 Å². The minimum absolute atomic E-state index is 0.183. The Morgan fingerprint density at radius 3 is 2.47 bits per heavy atom. The second kappa shape index (κ2) is 4.42. The molecule has 0 saturated carbocycles. The van der Waals surface area contributed by atoms with Crippen molar-refractivity contribution in [1.29, 1.82) is 0 Å². The molecule has 0 aliphatic rings. The minimum Gasteiger partial charge on any atom is -0.490 e. The molecule has 2 N–H and O–H groups in total. The number of aromatic nitrogens is 1. The van der Waals surface area contributed by atoms with Gasteiger partial charge in [0.2, 0.25) is 11.4 Å². The van der Waals surface area contributed by atoms with Gasteiger partial charge in [0, 0.05) is 0 Å². The lowest BCUT2D eigenvalue weighted by Gasteiger charge is -1.99. The van der Waals surface area contributed by atoms with Crippen molar-refractivity contribution >= 4 is 11.9 Å². The molecule has 1 heterocycles. The summed E-state index contributed by atoms with van der Waals surface area (Å²) in [4.78, 5) is 26.0. The first kappa shape index (κ1) is 11.0. The van der Waals surface area contributed by atoms with Gasteiger partial charge in [-0.25, -0.2) is 9.59 Å². The van der Waals surface area contributed by atoms with Crippen molar-refractivity contribution in [3.63, 3.8) is 0 Å². The van der Waals surface area contributed by atoms with Crippen LogP contribution in [0.15, 0.2) is 4.52 Å². The highest BCUT2D eigenvalue weighted by Gasteiger charge is 2.28. The molecule has 0 atom stereocenters. The van der Waals surface area contributed by atoms with Crippen LogP contribution < -0.4 is 10.6 Å². The molecule has 1 aromatic heterocycles. The van der Waals surface area contributed by atoms with Gasteiger partial charge in [0.25, 0.3) is 5.76 Å². The molecular weight excluding hydrogens is 208 g/mol. The molecule has 1 rings (SSSR count). The Kier molecular flexibility index (Phi) is 3.24. The third-order valence-electron chi connectivity index (χ3n) is 1.52. The van der Waals surface area contributed by atoms with E-state index < -0.39 is 17.7 Å². The topological polar surface area (TPSA) is 114 Å². The highest BCUT2D eigenvalue weighted by Crippen LogP contribution is 2.24.